The fourth-order valence-electron chi connectivity index (χ4n) is 3.16. The van der Waals surface area contributed by atoms with Crippen LogP contribution in [0.2, 0.25) is 0 Å². The number of carbonyl (C=O) groups excluding carboxylic acids is 1. The van der Waals surface area contributed by atoms with E-state index in [4.69, 9.17) is 0 Å². The maximum atomic E-state index is 12.2. The van der Waals surface area contributed by atoms with Crippen molar-refractivity contribution in [2.45, 2.75) is 65.2 Å². The van der Waals surface area contributed by atoms with Crippen LogP contribution < -0.4 is 5.32 Å². The number of nitrogens with one attached hydrogen (secondary N) is 1. The van der Waals surface area contributed by atoms with E-state index < -0.39 is 0 Å². The van der Waals surface area contributed by atoms with Crippen molar-refractivity contribution in [2.24, 2.45) is 11.8 Å². The molecule has 1 heterocycles. The molecule has 1 aliphatic carbocycles. The van der Waals surface area contributed by atoms with E-state index in [0.717, 1.165) is 42.4 Å². The Bertz CT molecular complexity index is 436. The summed E-state index contributed by atoms with van der Waals surface area (Å²) in [5.41, 5.74) is 1.08. The SMILES string of the molecule is CCCCC1CCC(C(=O)NCCc2nc(C)cs2)CC1. The van der Waals surface area contributed by atoms with Gasteiger partial charge in [-0.1, -0.05) is 26.2 Å². The van der Waals surface area contributed by atoms with Crippen LogP contribution in [0.25, 0.3) is 0 Å². The Morgan fingerprint density at radius 3 is 2.76 bits per heavy atom. The number of hydrogen-bond acceptors (Lipinski definition) is 3. The van der Waals surface area contributed by atoms with E-state index in [-0.39, 0.29) is 11.8 Å². The normalized spacial score (nSPS) is 22.2. The molecule has 1 amide bonds. The minimum absolute atomic E-state index is 0.251. The second-order valence-corrected chi connectivity index (χ2v) is 7.23. The zero-order valence-electron chi connectivity index (χ0n) is 13.4. The molecule has 1 fully saturated rings. The van der Waals surface area contributed by atoms with Crippen LogP contribution in [-0.4, -0.2) is 17.4 Å². The van der Waals surface area contributed by atoms with Gasteiger partial charge in [-0.05, 0) is 38.5 Å². The summed E-state index contributed by atoms with van der Waals surface area (Å²) >= 11 is 1.68. The second-order valence-electron chi connectivity index (χ2n) is 6.28. The van der Waals surface area contributed by atoms with E-state index >= 15 is 0 Å². The minimum atomic E-state index is 0.251. The van der Waals surface area contributed by atoms with Crippen molar-refractivity contribution < 1.29 is 4.79 Å². The summed E-state index contributed by atoms with van der Waals surface area (Å²) in [4.78, 5) is 16.6. The van der Waals surface area contributed by atoms with Crippen molar-refractivity contribution in [1.82, 2.24) is 10.3 Å². The molecule has 2 rings (SSSR count). The van der Waals surface area contributed by atoms with Gasteiger partial charge in [0.05, 0.1) is 5.01 Å². The van der Waals surface area contributed by atoms with Gasteiger partial charge in [-0.3, -0.25) is 4.79 Å². The lowest BCUT2D eigenvalue weighted by Crippen LogP contribution is -2.34. The number of carbonyl (C=O) groups is 1. The third-order valence-electron chi connectivity index (χ3n) is 4.49. The molecule has 118 valence electrons. The predicted molar refractivity (Wildman–Crippen MR) is 88.5 cm³/mol. The summed E-state index contributed by atoms with van der Waals surface area (Å²) in [5, 5.41) is 6.28. The average Bonchev–Trinajstić information content (AvgIpc) is 2.91. The van der Waals surface area contributed by atoms with Crippen LogP contribution in [0.5, 0.6) is 0 Å². The third-order valence-corrected chi connectivity index (χ3v) is 5.51. The minimum Gasteiger partial charge on any atom is -0.355 e. The molecule has 1 aromatic rings. The first kappa shape index (κ1) is 16.5. The average molecular weight is 308 g/mol. The van der Waals surface area contributed by atoms with Crippen molar-refractivity contribution in [3.63, 3.8) is 0 Å². The van der Waals surface area contributed by atoms with Crippen molar-refractivity contribution >= 4 is 17.2 Å². The molecule has 4 heteroatoms. The number of nitrogens with zero attached hydrogens (tertiary/aromatic N) is 1. The van der Waals surface area contributed by atoms with Gasteiger partial charge < -0.3 is 5.32 Å². The number of thiazole rings is 1. The summed E-state index contributed by atoms with van der Waals surface area (Å²) in [6.07, 6.45) is 9.48. The highest BCUT2D eigenvalue weighted by atomic mass is 32.1. The molecule has 3 nitrogen and oxygen atoms in total. The van der Waals surface area contributed by atoms with Crippen LogP contribution in [0, 0.1) is 18.8 Å². The Balaban J connectivity index is 1.63. The highest BCUT2D eigenvalue weighted by Gasteiger charge is 2.25. The van der Waals surface area contributed by atoms with Crippen molar-refractivity contribution in [3.05, 3.63) is 16.1 Å². The fraction of sp³-hybridized carbons (Fsp3) is 0.765. The van der Waals surface area contributed by atoms with Crippen LogP contribution in [0.4, 0.5) is 0 Å². The molecule has 0 unspecified atom stereocenters. The maximum absolute atomic E-state index is 12.2. The third kappa shape index (κ3) is 5.42. The van der Waals surface area contributed by atoms with Gasteiger partial charge in [0.15, 0.2) is 0 Å². The van der Waals surface area contributed by atoms with E-state index in [9.17, 15) is 4.79 Å². The maximum Gasteiger partial charge on any atom is 0.223 e. The van der Waals surface area contributed by atoms with Crippen molar-refractivity contribution in [1.29, 1.82) is 0 Å². The molecule has 0 aromatic carbocycles. The first-order valence-corrected chi connectivity index (χ1v) is 9.25. The van der Waals surface area contributed by atoms with Gasteiger partial charge in [0.1, 0.15) is 0 Å². The van der Waals surface area contributed by atoms with Crippen LogP contribution >= 0.6 is 11.3 Å². The number of aromatic nitrogens is 1. The Morgan fingerprint density at radius 2 is 2.14 bits per heavy atom. The van der Waals surface area contributed by atoms with E-state index in [0.29, 0.717) is 0 Å². The van der Waals surface area contributed by atoms with E-state index in [1.807, 2.05) is 6.92 Å². The number of amides is 1. The van der Waals surface area contributed by atoms with Gasteiger partial charge in [0, 0.05) is 30.0 Å². The van der Waals surface area contributed by atoms with Gasteiger partial charge in [-0.15, -0.1) is 11.3 Å². The van der Waals surface area contributed by atoms with Crippen LogP contribution in [0.3, 0.4) is 0 Å². The Labute approximate surface area is 132 Å². The molecular weight excluding hydrogens is 280 g/mol. The van der Waals surface area contributed by atoms with Crippen LogP contribution in [0.1, 0.15) is 62.6 Å². The first-order valence-electron chi connectivity index (χ1n) is 8.37. The number of unbranched alkanes of at least 4 members (excludes halogenated alkanes) is 1. The Hall–Kier alpha value is -0.900. The van der Waals surface area contributed by atoms with Crippen molar-refractivity contribution in [3.8, 4) is 0 Å². The van der Waals surface area contributed by atoms with E-state index in [1.165, 1.54) is 32.1 Å². The lowest BCUT2D eigenvalue weighted by Gasteiger charge is -2.27. The quantitative estimate of drug-likeness (QED) is 0.823. The summed E-state index contributed by atoms with van der Waals surface area (Å²) in [6, 6.07) is 0. The Kier molecular flexibility index (Phi) is 6.68. The molecule has 0 radical (unpaired) electrons. The predicted octanol–water partition coefficient (Wildman–Crippen LogP) is 4.11. The van der Waals surface area contributed by atoms with Crippen molar-refractivity contribution in [2.75, 3.05) is 6.54 Å². The largest absolute Gasteiger partial charge is 0.355 e. The van der Waals surface area contributed by atoms with E-state index in [2.05, 4.69) is 22.6 Å². The number of aryl methyl sites for hydroxylation is 1. The topological polar surface area (TPSA) is 42.0 Å². The summed E-state index contributed by atoms with van der Waals surface area (Å²) in [6.45, 7) is 4.99. The highest BCUT2D eigenvalue weighted by Crippen LogP contribution is 2.31. The smallest absolute Gasteiger partial charge is 0.223 e. The van der Waals surface area contributed by atoms with Gasteiger partial charge in [0.25, 0.3) is 0 Å². The standard InChI is InChI=1S/C17H28N2OS/c1-3-4-5-14-6-8-15(9-7-14)17(20)18-11-10-16-19-13(2)12-21-16/h12,14-15H,3-11H2,1-2H3,(H,18,20). The van der Waals surface area contributed by atoms with Gasteiger partial charge in [-0.25, -0.2) is 4.98 Å². The summed E-state index contributed by atoms with van der Waals surface area (Å²) in [7, 11) is 0. The fourth-order valence-corrected chi connectivity index (χ4v) is 3.94. The highest BCUT2D eigenvalue weighted by molar-refractivity contribution is 7.09. The van der Waals surface area contributed by atoms with Gasteiger partial charge in [0.2, 0.25) is 5.91 Å². The lowest BCUT2D eigenvalue weighted by molar-refractivity contribution is -0.126. The molecule has 0 spiro atoms. The molecule has 0 aliphatic heterocycles. The zero-order valence-corrected chi connectivity index (χ0v) is 14.2. The summed E-state index contributed by atoms with van der Waals surface area (Å²) in [5.74, 6) is 1.38. The lowest BCUT2D eigenvalue weighted by atomic mass is 9.79. The molecule has 0 atom stereocenters. The monoisotopic (exact) mass is 308 g/mol. The number of hydrogen-bond donors (Lipinski definition) is 1. The first-order chi connectivity index (χ1) is 10.2. The zero-order chi connectivity index (χ0) is 15.1. The van der Waals surface area contributed by atoms with Crippen LogP contribution in [-0.2, 0) is 11.2 Å². The molecule has 1 N–H and O–H groups in total. The number of rotatable bonds is 7. The van der Waals surface area contributed by atoms with Gasteiger partial charge >= 0.3 is 0 Å². The molecule has 1 aliphatic rings. The second kappa shape index (κ2) is 8.52. The molecule has 1 saturated carbocycles. The van der Waals surface area contributed by atoms with Crippen LogP contribution in [0.15, 0.2) is 5.38 Å². The molecule has 0 saturated heterocycles. The molecular formula is C17H28N2OS. The van der Waals surface area contributed by atoms with E-state index in [1.54, 1.807) is 11.3 Å². The molecule has 0 bridgehead atoms. The Morgan fingerprint density at radius 1 is 1.38 bits per heavy atom. The molecule has 21 heavy (non-hydrogen) atoms. The van der Waals surface area contributed by atoms with Gasteiger partial charge in [-0.2, -0.15) is 0 Å². The summed E-state index contributed by atoms with van der Waals surface area (Å²) < 4.78 is 0. The molecule has 1 aromatic heterocycles.